The molecule has 3 rings (SSSR count). The maximum Gasteiger partial charge on any atom is 0.277 e. The van der Waals surface area contributed by atoms with E-state index in [1.54, 1.807) is 18.2 Å². The zero-order valence-corrected chi connectivity index (χ0v) is 14.5. The minimum Gasteiger partial charge on any atom is -0.355 e. The maximum atomic E-state index is 12.3. The summed E-state index contributed by atoms with van der Waals surface area (Å²) in [5.74, 6) is -0.0732. The van der Waals surface area contributed by atoms with E-state index in [1.807, 2.05) is 6.07 Å². The Balaban J connectivity index is 1.45. The number of rotatable bonds is 6. The van der Waals surface area contributed by atoms with Crippen LogP contribution >= 0.6 is 0 Å². The molecule has 1 saturated heterocycles. The van der Waals surface area contributed by atoms with Gasteiger partial charge in [-0.2, -0.15) is 0 Å². The van der Waals surface area contributed by atoms with E-state index in [9.17, 15) is 9.59 Å². The molecule has 2 heterocycles. The molecule has 1 aromatic carbocycles. The number of piperazine rings is 1. The van der Waals surface area contributed by atoms with Gasteiger partial charge < -0.3 is 10.2 Å². The van der Waals surface area contributed by atoms with E-state index in [0.29, 0.717) is 17.4 Å². The summed E-state index contributed by atoms with van der Waals surface area (Å²) < 4.78 is 1.25. The van der Waals surface area contributed by atoms with Crippen molar-refractivity contribution in [3.8, 4) is 0 Å². The lowest BCUT2D eigenvalue weighted by molar-refractivity contribution is -0.121. The van der Waals surface area contributed by atoms with Crippen LogP contribution in [0.15, 0.2) is 29.1 Å². The standard InChI is InChI=1S/C17H24N6O2/c1-21-10-12-22(13-11-21)9-7-18-16(24)6-8-23-17(25)14-4-2-3-5-15(14)19-20-23/h2-5H,6-13H2,1H3,(H,18,24). The molecule has 0 aliphatic carbocycles. The number of amides is 1. The summed E-state index contributed by atoms with van der Waals surface area (Å²) in [6.07, 6.45) is 0.218. The van der Waals surface area contributed by atoms with E-state index in [-0.39, 0.29) is 24.4 Å². The fraction of sp³-hybridized carbons (Fsp3) is 0.529. The number of nitrogens with one attached hydrogen (secondary N) is 1. The highest BCUT2D eigenvalue weighted by molar-refractivity contribution is 5.77. The number of aryl methyl sites for hydroxylation is 1. The van der Waals surface area contributed by atoms with Gasteiger partial charge in [0, 0.05) is 45.7 Å². The van der Waals surface area contributed by atoms with E-state index in [0.717, 1.165) is 32.7 Å². The number of nitrogens with zero attached hydrogens (tertiary/aromatic N) is 5. The Morgan fingerprint density at radius 2 is 1.92 bits per heavy atom. The minimum atomic E-state index is -0.212. The van der Waals surface area contributed by atoms with E-state index >= 15 is 0 Å². The van der Waals surface area contributed by atoms with Gasteiger partial charge in [-0.1, -0.05) is 17.3 Å². The Hall–Kier alpha value is -2.32. The molecule has 8 heteroatoms. The van der Waals surface area contributed by atoms with E-state index < -0.39 is 0 Å². The monoisotopic (exact) mass is 344 g/mol. The Morgan fingerprint density at radius 1 is 1.16 bits per heavy atom. The van der Waals surface area contributed by atoms with Gasteiger partial charge in [0.15, 0.2) is 0 Å². The van der Waals surface area contributed by atoms with Gasteiger partial charge in [-0.25, -0.2) is 4.68 Å². The molecule has 1 aliphatic heterocycles. The van der Waals surface area contributed by atoms with Gasteiger partial charge in [0.25, 0.3) is 5.56 Å². The van der Waals surface area contributed by atoms with Crippen molar-refractivity contribution in [2.45, 2.75) is 13.0 Å². The van der Waals surface area contributed by atoms with Crippen molar-refractivity contribution in [2.75, 3.05) is 46.3 Å². The van der Waals surface area contributed by atoms with Crippen LogP contribution in [0.5, 0.6) is 0 Å². The van der Waals surface area contributed by atoms with Gasteiger partial charge in [-0.15, -0.1) is 5.10 Å². The van der Waals surface area contributed by atoms with Crippen LogP contribution in [0.3, 0.4) is 0 Å². The number of fused-ring (bicyclic) bond motifs is 1. The van der Waals surface area contributed by atoms with Crippen molar-refractivity contribution >= 4 is 16.8 Å². The first-order valence-corrected chi connectivity index (χ1v) is 8.63. The number of hydrogen-bond donors (Lipinski definition) is 1. The molecule has 0 spiro atoms. The molecule has 0 atom stereocenters. The first-order valence-electron chi connectivity index (χ1n) is 8.63. The van der Waals surface area contributed by atoms with Crippen molar-refractivity contribution < 1.29 is 4.79 Å². The summed E-state index contributed by atoms with van der Waals surface area (Å²) in [5.41, 5.74) is 0.358. The summed E-state index contributed by atoms with van der Waals surface area (Å²) in [6.45, 7) is 5.92. The normalized spacial score (nSPS) is 16.2. The van der Waals surface area contributed by atoms with Gasteiger partial charge in [0.2, 0.25) is 5.91 Å². The number of likely N-dealkylation sites (N-methyl/N-ethyl adjacent to an activating group) is 1. The van der Waals surface area contributed by atoms with Crippen molar-refractivity contribution in [1.29, 1.82) is 0 Å². The smallest absolute Gasteiger partial charge is 0.277 e. The second kappa shape index (κ2) is 8.17. The van der Waals surface area contributed by atoms with Crippen molar-refractivity contribution in [3.63, 3.8) is 0 Å². The summed E-state index contributed by atoms with van der Waals surface area (Å²) in [4.78, 5) is 28.9. The topological polar surface area (TPSA) is 83.4 Å². The maximum absolute atomic E-state index is 12.3. The average molecular weight is 344 g/mol. The number of benzene rings is 1. The van der Waals surface area contributed by atoms with Crippen LogP contribution in [0.1, 0.15) is 6.42 Å². The van der Waals surface area contributed by atoms with Gasteiger partial charge in [0.05, 0.1) is 11.9 Å². The van der Waals surface area contributed by atoms with Crippen LogP contribution in [0.4, 0.5) is 0 Å². The molecule has 1 fully saturated rings. The van der Waals surface area contributed by atoms with Crippen LogP contribution in [0.2, 0.25) is 0 Å². The first-order chi connectivity index (χ1) is 12.1. The highest BCUT2D eigenvalue weighted by Gasteiger charge is 2.13. The Morgan fingerprint density at radius 3 is 2.72 bits per heavy atom. The molecule has 0 unspecified atom stereocenters. The average Bonchev–Trinajstić information content (AvgIpc) is 2.63. The molecule has 8 nitrogen and oxygen atoms in total. The van der Waals surface area contributed by atoms with Crippen molar-refractivity contribution in [1.82, 2.24) is 30.1 Å². The predicted molar refractivity (Wildman–Crippen MR) is 95.4 cm³/mol. The van der Waals surface area contributed by atoms with Gasteiger partial charge in [0.1, 0.15) is 5.52 Å². The molecule has 1 aliphatic rings. The van der Waals surface area contributed by atoms with Gasteiger partial charge >= 0.3 is 0 Å². The van der Waals surface area contributed by atoms with Crippen LogP contribution in [-0.2, 0) is 11.3 Å². The van der Waals surface area contributed by atoms with Crippen LogP contribution in [-0.4, -0.2) is 77.0 Å². The quantitative estimate of drug-likeness (QED) is 0.764. The Bertz CT molecular complexity index is 782. The zero-order chi connectivity index (χ0) is 17.6. The van der Waals surface area contributed by atoms with E-state index in [2.05, 4.69) is 32.5 Å². The molecule has 2 aromatic rings. The number of carbonyl (C=O) groups is 1. The molecule has 0 saturated carbocycles. The van der Waals surface area contributed by atoms with Crippen LogP contribution < -0.4 is 10.9 Å². The summed E-state index contributed by atoms with van der Waals surface area (Å²) >= 11 is 0. The molecular formula is C17H24N6O2. The lowest BCUT2D eigenvalue weighted by Crippen LogP contribution is -2.47. The van der Waals surface area contributed by atoms with E-state index in [1.165, 1.54) is 4.68 Å². The number of hydrogen-bond acceptors (Lipinski definition) is 6. The van der Waals surface area contributed by atoms with Gasteiger partial charge in [-0.3, -0.25) is 14.5 Å². The highest BCUT2D eigenvalue weighted by atomic mass is 16.2. The largest absolute Gasteiger partial charge is 0.355 e. The molecule has 1 amide bonds. The molecule has 0 bridgehead atoms. The zero-order valence-electron chi connectivity index (χ0n) is 14.5. The Kier molecular flexibility index (Phi) is 5.72. The molecular weight excluding hydrogens is 320 g/mol. The third-order valence-electron chi connectivity index (χ3n) is 4.53. The van der Waals surface area contributed by atoms with Crippen LogP contribution in [0, 0.1) is 0 Å². The first kappa shape index (κ1) is 17.5. The number of carbonyl (C=O) groups excluding carboxylic acids is 1. The predicted octanol–water partition coefficient (Wildman–Crippen LogP) is -0.455. The third-order valence-corrected chi connectivity index (χ3v) is 4.53. The second-order valence-corrected chi connectivity index (χ2v) is 6.38. The fourth-order valence-corrected chi connectivity index (χ4v) is 2.89. The van der Waals surface area contributed by atoms with Crippen molar-refractivity contribution in [3.05, 3.63) is 34.6 Å². The highest BCUT2D eigenvalue weighted by Crippen LogP contribution is 2.03. The lowest BCUT2D eigenvalue weighted by atomic mass is 10.2. The fourth-order valence-electron chi connectivity index (χ4n) is 2.89. The molecule has 25 heavy (non-hydrogen) atoms. The Labute approximate surface area is 146 Å². The molecule has 134 valence electrons. The molecule has 0 radical (unpaired) electrons. The van der Waals surface area contributed by atoms with Crippen LogP contribution in [0.25, 0.3) is 10.9 Å². The summed E-state index contributed by atoms with van der Waals surface area (Å²) in [5, 5.41) is 11.4. The summed E-state index contributed by atoms with van der Waals surface area (Å²) in [7, 11) is 2.12. The number of aromatic nitrogens is 3. The SMILES string of the molecule is CN1CCN(CCNC(=O)CCn2nnc3ccccc3c2=O)CC1. The summed E-state index contributed by atoms with van der Waals surface area (Å²) in [6, 6.07) is 7.08. The van der Waals surface area contributed by atoms with Crippen molar-refractivity contribution in [2.24, 2.45) is 0 Å². The molecule has 1 N–H and O–H groups in total. The van der Waals surface area contributed by atoms with E-state index in [4.69, 9.17) is 0 Å². The molecule has 1 aromatic heterocycles. The second-order valence-electron chi connectivity index (χ2n) is 6.38. The third kappa shape index (κ3) is 4.61. The lowest BCUT2D eigenvalue weighted by Gasteiger charge is -2.32. The minimum absolute atomic E-state index is 0.0732. The van der Waals surface area contributed by atoms with Gasteiger partial charge in [-0.05, 0) is 19.2 Å².